The summed E-state index contributed by atoms with van der Waals surface area (Å²) in [5, 5.41) is 0.576. The number of fused-ring (bicyclic) bond motifs is 1. The topological polar surface area (TPSA) is 58.6 Å². The summed E-state index contributed by atoms with van der Waals surface area (Å²) in [4.78, 5) is 25.5. The zero-order chi connectivity index (χ0) is 25.4. The van der Waals surface area contributed by atoms with Gasteiger partial charge in [-0.15, -0.1) is 0 Å². The van der Waals surface area contributed by atoms with E-state index in [0.717, 1.165) is 12.8 Å². The van der Waals surface area contributed by atoms with Crippen LogP contribution in [0, 0.1) is 17.6 Å². The van der Waals surface area contributed by atoms with Crippen molar-refractivity contribution in [2.24, 2.45) is 5.92 Å². The van der Waals surface area contributed by atoms with Crippen molar-refractivity contribution in [1.29, 1.82) is 0 Å². The van der Waals surface area contributed by atoms with Gasteiger partial charge in [-0.3, -0.25) is 4.79 Å². The van der Waals surface area contributed by atoms with Gasteiger partial charge in [-0.1, -0.05) is 37.6 Å². The molecule has 2 aromatic carbocycles. The van der Waals surface area contributed by atoms with Crippen molar-refractivity contribution in [3.63, 3.8) is 0 Å². The molecule has 9 heteroatoms. The van der Waals surface area contributed by atoms with Gasteiger partial charge in [0.25, 0.3) is 0 Å². The van der Waals surface area contributed by atoms with E-state index in [1.54, 1.807) is 18.2 Å². The highest BCUT2D eigenvalue weighted by Crippen LogP contribution is 2.41. The fourth-order valence-corrected chi connectivity index (χ4v) is 5.51. The zero-order valence-electron chi connectivity index (χ0n) is 20.4. The van der Waals surface area contributed by atoms with E-state index < -0.39 is 11.6 Å². The number of ether oxygens (including phenoxy) is 1. The Balaban J connectivity index is 1.46. The lowest BCUT2D eigenvalue weighted by Crippen LogP contribution is -2.51. The minimum atomic E-state index is -0.665. The molecular formula is C27H29ClF2N4O2. The third-order valence-corrected chi connectivity index (χ3v) is 7.48. The summed E-state index contributed by atoms with van der Waals surface area (Å²) in [6.07, 6.45) is 2.84. The molecule has 0 saturated carbocycles. The molecule has 190 valence electrons. The predicted octanol–water partition coefficient (Wildman–Crippen LogP) is 5.43. The zero-order valence-corrected chi connectivity index (χ0v) is 21.2. The molecule has 0 N–H and O–H groups in total. The normalized spacial score (nSPS) is 17.3. The van der Waals surface area contributed by atoms with Gasteiger partial charge in [0.1, 0.15) is 23.5 Å². The first-order valence-electron chi connectivity index (χ1n) is 12.4. The summed E-state index contributed by atoms with van der Waals surface area (Å²) >= 11 is 6.61. The van der Waals surface area contributed by atoms with Gasteiger partial charge in [0, 0.05) is 61.8 Å². The summed E-state index contributed by atoms with van der Waals surface area (Å²) in [5.74, 6) is -0.464. The molecule has 6 nitrogen and oxygen atoms in total. The van der Waals surface area contributed by atoms with Crippen molar-refractivity contribution in [3.05, 3.63) is 52.8 Å². The number of hydrogen-bond acceptors (Lipinski definition) is 5. The second-order valence-electron chi connectivity index (χ2n) is 9.70. The number of anilines is 1. The van der Waals surface area contributed by atoms with E-state index in [-0.39, 0.29) is 39.4 Å². The smallest absolute Gasteiger partial charge is 0.225 e. The van der Waals surface area contributed by atoms with E-state index in [9.17, 15) is 9.18 Å². The number of nitrogens with zero attached hydrogens (tertiary/aromatic N) is 4. The van der Waals surface area contributed by atoms with E-state index in [4.69, 9.17) is 16.3 Å². The lowest BCUT2D eigenvalue weighted by Gasteiger charge is -2.38. The molecule has 2 aliphatic heterocycles. The number of benzene rings is 2. The Bertz CT molecular complexity index is 1290. The van der Waals surface area contributed by atoms with Crippen LogP contribution in [0.3, 0.4) is 0 Å². The van der Waals surface area contributed by atoms with Crippen molar-refractivity contribution in [2.75, 3.05) is 44.3 Å². The van der Waals surface area contributed by atoms with E-state index in [1.807, 2.05) is 23.6 Å². The Kier molecular flexibility index (Phi) is 7.08. The van der Waals surface area contributed by atoms with E-state index in [0.29, 0.717) is 56.2 Å². The van der Waals surface area contributed by atoms with Gasteiger partial charge in [0.15, 0.2) is 5.82 Å². The summed E-state index contributed by atoms with van der Waals surface area (Å²) in [5.41, 5.74) is 0.951. The Morgan fingerprint density at radius 3 is 2.50 bits per heavy atom. The number of hydrogen-bond donors (Lipinski definition) is 0. The molecule has 2 aliphatic rings. The van der Waals surface area contributed by atoms with Gasteiger partial charge in [-0.2, -0.15) is 0 Å². The number of piperazine rings is 1. The molecule has 0 radical (unpaired) electrons. The fraction of sp³-hybridized carbons (Fsp3) is 0.444. The standard InChI is InChI=1S/C27H29ClF2N4O2/c1-16(2)18-4-3-5-21(29)22(18)23-20(28)14-19-25(24(23)30)31-15-32-26(19)33-8-10-34(11-9-33)27(35)17-6-12-36-13-7-17/h3-5,14-17H,6-13H2,1-2H3. The van der Waals surface area contributed by atoms with E-state index in [2.05, 4.69) is 9.97 Å². The average Bonchev–Trinajstić information content (AvgIpc) is 2.89. The van der Waals surface area contributed by atoms with Gasteiger partial charge < -0.3 is 14.5 Å². The number of aromatic nitrogens is 2. The molecule has 1 amide bonds. The Labute approximate surface area is 214 Å². The molecule has 5 rings (SSSR count). The third-order valence-electron chi connectivity index (χ3n) is 7.18. The monoisotopic (exact) mass is 514 g/mol. The maximum Gasteiger partial charge on any atom is 0.225 e. The number of rotatable bonds is 4. The fourth-order valence-electron chi connectivity index (χ4n) is 5.22. The highest BCUT2D eigenvalue weighted by molar-refractivity contribution is 6.34. The van der Waals surface area contributed by atoms with Crippen molar-refractivity contribution < 1.29 is 18.3 Å². The molecule has 0 bridgehead atoms. The van der Waals surface area contributed by atoms with E-state index in [1.165, 1.54) is 12.4 Å². The average molecular weight is 515 g/mol. The first-order valence-corrected chi connectivity index (χ1v) is 12.8. The number of carbonyl (C=O) groups is 1. The second-order valence-corrected chi connectivity index (χ2v) is 10.1. The second kappa shape index (κ2) is 10.3. The minimum absolute atomic E-state index is 0.0162. The quantitative estimate of drug-likeness (QED) is 0.465. The molecule has 3 heterocycles. The van der Waals surface area contributed by atoms with Crippen LogP contribution < -0.4 is 4.90 Å². The summed E-state index contributed by atoms with van der Waals surface area (Å²) in [6, 6.07) is 6.34. The van der Waals surface area contributed by atoms with Gasteiger partial charge in [0.05, 0.1) is 5.02 Å². The maximum atomic E-state index is 15.9. The Morgan fingerprint density at radius 2 is 1.81 bits per heavy atom. The molecule has 0 spiro atoms. The van der Waals surface area contributed by atoms with Crippen molar-refractivity contribution in [1.82, 2.24) is 14.9 Å². The Morgan fingerprint density at radius 1 is 1.08 bits per heavy atom. The largest absolute Gasteiger partial charge is 0.381 e. The van der Waals surface area contributed by atoms with Crippen LogP contribution in [0.2, 0.25) is 5.02 Å². The molecule has 2 fully saturated rings. The van der Waals surface area contributed by atoms with Gasteiger partial charge in [-0.25, -0.2) is 18.7 Å². The third kappa shape index (κ3) is 4.52. The van der Waals surface area contributed by atoms with Crippen LogP contribution in [0.25, 0.3) is 22.0 Å². The minimum Gasteiger partial charge on any atom is -0.381 e. The first-order chi connectivity index (χ1) is 17.4. The van der Waals surface area contributed by atoms with Crippen LogP contribution in [-0.4, -0.2) is 60.2 Å². The first kappa shape index (κ1) is 24.8. The predicted molar refractivity (Wildman–Crippen MR) is 136 cm³/mol. The molecule has 2 saturated heterocycles. The van der Waals surface area contributed by atoms with Crippen LogP contribution in [0.1, 0.15) is 38.2 Å². The lowest BCUT2D eigenvalue weighted by atomic mass is 9.91. The molecular weight excluding hydrogens is 486 g/mol. The van der Waals surface area contributed by atoms with Crippen LogP contribution in [0.4, 0.5) is 14.6 Å². The summed E-state index contributed by atoms with van der Waals surface area (Å²) in [6.45, 7) is 7.35. The maximum absolute atomic E-state index is 15.9. The van der Waals surface area contributed by atoms with E-state index >= 15 is 4.39 Å². The number of carbonyl (C=O) groups excluding carboxylic acids is 1. The van der Waals surface area contributed by atoms with Crippen LogP contribution in [0.15, 0.2) is 30.6 Å². The van der Waals surface area contributed by atoms with Crippen molar-refractivity contribution >= 4 is 34.2 Å². The molecule has 1 aromatic heterocycles. The molecule has 36 heavy (non-hydrogen) atoms. The highest BCUT2D eigenvalue weighted by Gasteiger charge is 2.30. The SMILES string of the molecule is CC(C)c1cccc(F)c1-c1c(Cl)cc2c(N3CCN(C(=O)C4CCOCC4)CC3)ncnc2c1F. The number of halogens is 3. The van der Waals surface area contributed by atoms with Crippen LogP contribution in [-0.2, 0) is 9.53 Å². The van der Waals surface area contributed by atoms with Crippen molar-refractivity contribution in [2.45, 2.75) is 32.6 Å². The number of amides is 1. The lowest BCUT2D eigenvalue weighted by molar-refractivity contribution is -0.138. The summed E-state index contributed by atoms with van der Waals surface area (Å²) < 4.78 is 36.3. The van der Waals surface area contributed by atoms with Crippen LogP contribution >= 0.6 is 11.6 Å². The van der Waals surface area contributed by atoms with Crippen LogP contribution in [0.5, 0.6) is 0 Å². The van der Waals surface area contributed by atoms with Crippen molar-refractivity contribution in [3.8, 4) is 11.1 Å². The summed E-state index contributed by atoms with van der Waals surface area (Å²) in [7, 11) is 0. The molecule has 3 aromatic rings. The highest BCUT2D eigenvalue weighted by atomic mass is 35.5. The van der Waals surface area contributed by atoms with Gasteiger partial charge in [-0.05, 0) is 36.5 Å². The van der Waals surface area contributed by atoms with Gasteiger partial charge in [0.2, 0.25) is 5.91 Å². The molecule has 0 unspecified atom stereocenters. The van der Waals surface area contributed by atoms with Gasteiger partial charge >= 0.3 is 0 Å². The molecule has 0 aliphatic carbocycles. The molecule has 0 atom stereocenters. The Hall–Kier alpha value is -2.84.